The minimum Gasteiger partial charge on any atom is -0.493 e. The number of rotatable bonds is 7. The van der Waals surface area contributed by atoms with Crippen LogP contribution in [-0.4, -0.2) is 36.8 Å². The Bertz CT molecular complexity index is 801. The minimum atomic E-state index is -2.74. The van der Waals surface area contributed by atoms with E-state index in [1.165, 1.54) is 18.3 Å². The van der Waals surface area contributed by atoms with Crippen molar-refractivity contribution in [1.29, 1.82) is 0 Å². The average Bonchev–Trinajstić information content (AvgIpc) is 3.19. The van der Waals surface area contributed by atoms with Gasteiger partial charge < -0.3 is 19.5 Å². The molecular formula is C20H24F2N2O4. The summed E-state index contributed by atoms with van der Waals surface area (Å²) in [7, 11) is 3.13. The van der Waals surface area contributed by atoms with Crippen LogP contribution in [0.3, 0.4) is 0 Å². The zero-order valence-corrected chi connectivity index (χ0v) is 15.9. The van der Waals surface area contributed by atoms with E-state index in [1.54, 1.807) is 20.3 Å². The number of benzene rings is 1. The molecule has 6 nitrogen and oxygen atoms in total. The topological polar surface area (TPSA) is 61.7 Å². The SMILES string of the molecule is COc1cccc(OC2CCC(NC(=O)c3cccn3C(F)F)CC2)c1OC. The van der Waals surface area contributed by atoms with Gasteiger partial charge in [-0.3, -0.25) is 9.36 Å². The number of hydrogen-bond donors (Lipinski definition) is 1. The first kappa shape index (κ1) is 20.0. The first-order valence-electron chi connectivity index (χ1n) is 9.17. The number of nitrogens with one attached hydrogen (secondary N) is 1. The molecule has 1 aromatic carbocycles. The number of methoxy groups -OCH3 is 2. The van der Waals surface area contributed by atoms with Crippen LogP contribution in [0.2, 0.25) is 0 Å². The van der Waals surface area contributed by atoms with Crippen LogP contribution in [0.25, 0.3) is 0 Å². The fourth-order valence-corrected chi connectivity index (χ4v) is 3.47. The van der Waals surface area contributed by atoms with E-state index >= 15 is 0 Å². The van der Waals surface area contributed by atoms with Crippen LogP contribution in [0, 0.1) is 0 Å². The van der Waals surface area contributed by atoms with Crippen molar-refractivity contribution in [2.24, 2.45) is 0 Å². The Balaban J connectivity index is 1.55. The van der Waals surface area contributed by atoms with E-state index in [-0.39, 0.29) is 17.8 Å². The molecule has 1 aliphatic rings. The van der Waals surface area contributed by atoms with Gasteiger partial charge in [-0.2, -0.15) is 8.78 Å². The molecule has 0 bridgehead atoms. The Morgan fingerprint density at radius 2 is 1.79 bits per heavy atom. The van der Waals surface area contributed by atoms with Gasteiger partial charge in [-0.25, -0.2) is 0 Å². The monoisotopic (exact) mass is 394 g/mol. The van der Waals surface area contributed by atoms with Crippen LogP contribution < -0.4 is 19.5 Å². The Hall–Kier alpha value is -2.77. The Morgan fingerprint density at radius 1 is 1.07 bits per heavy atom. The van der Waals surface area contributed by atoms with Crippen LogP contribution in [0.4, 0.5) is 8.78 Å². The van der Waals surface area contributed by atoms with Crippen molar-refractivity contribution in [3.8, 4) is 17.2 Å². The van der Waals surface area contributed by atoms with Crippen LogP contribution in [0.15, 0.2) is 36.5 Å². The Kier molecular flexibility index (Phi) is 6.38. The predicted octanol–water partition coefficient (Wildman–Crippen LogP) is 4.02. The predicted molar refractivity (Wildman–Crippen MR) is 99.4 cm³/mol. The number of ether oxygens (including phenoxy) is 3. The zero-order valence-electron chi connectivity index (χ0n) is 15.9. The van der Waals surface area contributed by atoms with Gasteiger partial charge in [0.05, 0.1) is 20.3 Å². The van der Waals surface area contributed by atoms with Gasteiger partial charge in [-0.1, -0.05) is 6.07 Å². The van der Waals surface area contributed by atoms with E-state index in [0.717, 1.165) is 12.8 Å². The molecule has 1 saturated carbocycles. The summed E-state index contributed by atoms with van der Waals surface area (Å²) in [6.07, 6.45) is 4.07. The van der Waals surface area contributed by atoms with E-state index in [0.29, 0.717) is 34.7 Å². The molecule has 1 amide bonds. The smallest absolute Gasteiger partial charge is 0.319 e. The van der Waals surface area contributed by atoms with Crippen molar-refractivity contribution in [1.82, 2.24) is 9.88 Å². The van der Waals surface area contributed by atoms with E-state index in [2.05, 4.69) is 5.32 Å². The Morgan fingerprint density at radius 3 is 2.43 bits per heavy atom. The molecule has 28 heavy (non-hydrogen) atoms. The average molecular weight is 394 g/mol. The number of para-hydroxylation sites is 1. The lowest BCUT2D eigenvalue weighted by Crippen LogP contribution is -2.40. The van der Waals surface area contributed by atoms with Gasteiger partial charge in [0.1, 0.15) is 5.69 Å². The lowest BCUT2D eigenvalue weighted by atomic mass is 9.92. The lowest BCUT2D eigenvalue weighted by Gasteiger charge is -2.30. The second kappa shape index (κ2) is 8.95. The molecule has 0 radical (unpaired) electrons. The molecule has 1 aliphatic carbocycles. The van der Waals surface area contributed by atoms with Gasteiger partial charge in [0.15, 0.2) is 11.5 Å². The molecule has 0 spiro atoms. The Labute approximate surface area is 162 Å². The second-order valence-electron chi connectivity index (χ2n) is 6.63. The fourth-order valence-electron chi connectivity index (χ4n) is 3.47. The molecule has 0 aliphatic heterocycles. The first-order chi connectivity index (χ1) is 13.5. The van der Waals surface area contributed by atoms with Gasteiger partial charge >= 0.3 is 6.55 Å². The van der Waals surface area contributed by atoms with Crippen molar-refractivity contribution >= 4 is 5.91 Å². The highest BCUT2D eigenvalue weighted by molar-refractivity contribution is 5.93. The number of carbonyl (C=O) groups excluding carboxylic acids is 1. The van der Waals surface area contributed by atoms with Crippen molar-refractivity contribution < 1.29 is 27.8 Å². The number of amides is 1. The van der Waals surface area contributed by atoms with Crippen molar-refractivity contribution in [2.75, 3.05) is 14.2 Å². The van der Waals surface area contributed by atoms with Crippen LogP contribution in [0.5, 0.6) is 17.2 Å². The van der Waals surface area contributed by atoms with Gasteiger partial charge in [0.25, 0.3) is 5.91 Å². The zero-order chi connectivity index (χ0) is 20.1. The summed E-state index contributed by atoms with van der Waals surface area (Å²) in [5.74, 6) is 1.28. The van der Waals surface area contributed by atoms with Gasteiger partial charge in [0.2, 0.25) is 5.75 Å². The standard InChI is InChI=1S/C20H24F2N2O4/c1-26-16-6-3-7-17(18(16)27-2)28-14-10-8-13(9-11-14)23-19(25)15-5-4-12-24(15)20(21)22/h3-7,12-14,20H,8-11H2,1-2H3,(H,23,25). The van der Waals surface area contributed by atoms with Crippen LogP contribution >= 0.6 is 0 Å². The molecule has 1 fully saturated rings. The van der Waals surface area contributed by atoms with E-state index in [1.807, 2.05) is 12.1 Å². The van der Waals surface area contributed by atoms with Crippen LogP contribution in [-0.2, 0) is 0 Å². The molecule has 1 heterocycles. The summed E-state index contributed by atoms with van der Waals surface area (Å²) in [6, 6.07) is 8.22. The third kappa shape index (κ3) is 4.37. The number of halogens is 2. The number of carbonyl (C=O) groups is 1. The van der Waals surface area contributed by atoms with Crippen LogP contribution in [0.1, 0.15) is 42.7 Å². The normalized spacial score (nSPS) is 19.3. The number of hydrogen-bond acceptors (Lipinski definition) is 4. The maximum atomic E-state index is 12.9. The first-order valence-corrected chi connectivity index (χ1v) is 9.17. The highest BCUT2D eigenvalue weighted by Gasteiger charge is 2.26. The van der Waals surface area contributed by atoms with Crippen molar-refractivity contribution in [2.45, 2.75) is 44.4 Å². The summed E-state index contributed by atoms with van der Waals surface area (Å²) in [5, 5.41) is 2.85. The molecule has 0 atom stereocenters. The summed E-state index contributed by atoms with van der Waals surface area (Å²) >= 11 is 0. The number of alkyl halides is 2. The molecule has 8 heteroatoms. The highest BCUT2D eigenvalue weighted by atomic mass is 19.3. The summed E-state index contributed by atoms with van der Waals surface area (Å²) < 4.78 is 43.2. The van der Waals surface area contributed by atoms with E-state index < -0.39 is 12.5 Å². The molecule has 1 N–H and O–H groups in total. The van der Waals surface area contributed by atoms with E-state index in [9.17, 15) is 13.6 Å². The van der Waals surface area contributed by atoms with Crippen molar-refractivity contribution in [3.05, 3.63) is 42.2 Å². The lowest BCUT2D eigenvalue weighted by molar-refractivity contribution is 0.0624. The van der Waals surface area contributed by atoms with Gasteiger partial charge in [-0.05, 0) is 49.9 Å². The highest BCUT2D eigenvalue weighted by Crippen LogP contribution is 2.38. The molecule has 152 valence electrons. The molecule has 3 rings (SSSR count). The molecule has 1 aromatic heterocycles. The van der Waals surface area contributed by atoms with Gasteiger partial charge in [-0.15, -0.1) is 0 Å². The number of aromatic nitrogens is 1. The fraction of sp³-hybridized carbons (Fsp3) is 0.450. The second-order valence-corrected chi connectivity index (χ2v) is 6.63. The summed E-state index contributed by atoms with van der Waals surface area (Å²) in [6.45, 7) is -2.74. The van der Waals surface area contributed by atoms with Crippen molar-refractivity contribution in [3.63, 3.8) is 0 Å². The molecule has 0 unspecified atom stereocenters. The molecule has 0 saturated heterocycles. The summed E-state index contributed by atoms with van der Waals surface area (Å²) in [5.41, 5.74) is -0.0329. The maximum Gasteiger partial charge on any atom is 0.319 e. The third-order valence-corrected chi connectivity index (χ3v) is 4.89. The van der Waals surface area contributed by atoms with Gasteiger partial charge in [0, 0.05) is 12.2 Å². The molecule has 2 aromatic rings. The summed E-state index contributed by atoms with van der Waals surface area (Å²) in [4.78, 5) is 12.3. The number of nitrogens with zero attached hydrogens (tertiary/aromatic N) is 1. The molecular weight excluding hydrogens is 370 g/mol. The largest absolute Gasteiger partial charge is 0.493 e. The third-order valence-electron chi connectivity index (χ3n) is 4.89. The minimum absolute atomic E-state index is 0.0147. The maximum absolute atomic E-state index is 12.9. The quantitative estimate of drug-likeness (QED) is 0.771. The van der Waals surface area contributed by atoms with E-state index in [4.69, 9.17) is 14.2 Å².